The van der Waals surface area contributed by atoms with Gasteiger partial charge in [-0.2, -0.15) is 28.4 Å². The van der Waals surface area contributed by atoms with Crippen LogP contribution in [0.1, 0.15) is 79.5 Å². The minimum atomic E-state index is -1.45. The molecule has 0 aliphatic heterocycles. The quantitative estimate of drug-likeness (QED) is 0.0208. The fourth-order valence-corrected chi connectivity index (χ4v) is 14.4. The molecule has 0 fully saturated rings. The number of rotatable bonds is 13. The number of aromatic nitrogens is 5. The number of aliphatic carboxylic acids is 1. The summed E-state index contributed by atoms with van der Waals surface area (Å²) in [5.41, 5.74) is 8.85. The van der Waals surface area contributed by atoms with Crippen LogP contribution in [0.4, 0.5) is 5.69 Å². The number of hydrogen-bond donors (Lipinski definition) is 4. The Morgan fingerprint density at radius 2 is 0.846 bits per heavy atom. The molecule has 27 heteroatoms. The molecule has 0 saturated heterocycles. The SMILES string of the molecule is Brc1ccc2cncc(I)c2c1.Brc1ccc2cnccc2c1.C.CC(C)(Sc1ccc2cncc(-c3ccc(C#N)cc3)c2c1)C(=O)O.CCOC(=O)C(C)(C)S.CCOC(=O)C(C)(C)Sc1ccc2cncc(-c3ccc(C#N)cc3)c2c1.N#Cc1ccc(-c2cncc3ccc(Br)cc23)cc1.[C-]#[N+]c1ccc(B(O)O)cc1.[Li+].[OH-]. The summed E-state index contributed by atoms with van der Waals surface area (Å²) in [7, 11) is -1.45. The van der Waals surface area contributed by atoms with Gasteiger partial charge in [-0.1, -0.05) is 146 Å². The van der Waals surface area contributed by atoms with Gasteiger partial charge in [0.2, 0.25) is 0 Å². The summed E-state index contributed by atoms with van der Waals surface area (Å²) >= 11 is 19.5. The summed E-state index contributed by atoms with van der Waals surface area (Å²) in [6, 6.07) is 67.3. The van der Waals surface area contributed by atoms with Gasteiger partial charge in [-0.15, -0.1) is 23.5 Å². The first-order valence-electron chi connectivity index (χ1n) is 35.0. The van der Waals surface area contributed by atoms with Crippen LogP contribution in [0.5, 0.6) is 0 Å². The van der Waals surface area contributed by atoms with E-state index in [9.17, 15) is 19.5 Å². The number of thiol groups is 1. The molecular formula is C90H79BBr3ILiN9O9S3. The fourth-order valence-electron chi connectivity index (χ4n) is 10.6. The number of hydrogen-bond acceptors (Lipinski definition) is 19. The molecule has 0 aliphatic rings. The predicted molar refractivity (Wildman–Crippen MR) is 490 cm³/mol. The topological polar surface area (TPSA) is 301 Å². The average molecular weight is 1910 g/mol. The molecule has 14 aromatic rings. The minimum Gasteiger partial charge on any atom is -0.870 e. The summed E-state index contributed by atoms with van der Waals surface area (Å²) < 4.78 is 12.1. The van der Waals surface area contributed by atoms with E-state index in [4.69, 9.17) is 41.9 Å². The molecule has 14 rings (SSSR count). The molecule has 0 saturated carbocycles. The molecule has 588 valence electrons. The van der Waals surface area contributed by atoms with Crippen molar-refractivity contribution in [2.45, 2.75) is 86.8 Å². The second-order valence-electron chi connectivity index (χ2n) is 26.2. The van der Waals surface area contributed by atoms with Crippen molar-refractivity contribution in [3.8, 4) is 51.6 Å². The number of carboxylic acids is 1. The molecule has 0 bridgehead atoms. The average Bonchev–Trinajstić information content (AvgIpc) is 0.796. The molecule has 0 amide bonds. The monoisotopic (exact) mass is 1910 g/mol. The van der Waals surface area contributed by atoms with Gasteiger partial charge in [-0.05, 0) is 230 Å². The largest absolute Gasteiger partial charge is 1.00 e. The molecule has 9 aromatic carbocycles. The number of nitriles is 3. The summed E-state index contributed by atoms with van der Waals surface area (Å²) in [6.45, 7) is 21.5. The standard InChI is InChI=1S/C22H20N2O2S.C20H16N2O2S.C16H9BrN2.C9H5BrIN.C9H6BrN.C7H6BNO2.C6H12O2S.CH4.Li.H2O/c1-4-26-21(25)22(2,3)27-18-10-9-17-13-24-14-20(19(17)11-18)16-7-5-15(12-23)6-8-16;1-20(2,19(23)24)25-16-8-7-15-11-22-12-18(17(15)9-16)14-5-3-13(10-21)4-6-14;17-14-6-5-13-9-19-10-16(15(13)7-14)12-3-1-11(8-18)2-4-12;10-7-2-1-6-4-12-5-9(11)8(6)3-7;10-9-2-1-8-6-11-4-3-7(8)5-9;1-9-7-4-2-6(3-5-7)8(10)11;1-4-8-5(7)6(2,3)9;;;/h5-11,13-14H,4H2,1-3H3;3-9,11-12H,1-2H3,(H,23,24);1-7,9-10H;1-5H;1-6H;2-5,10-11H;9H,4H2,1-3H3;1H4;;1H2/q;;;;;;;;+1;/p-1. The van der Waals surface area contributed by atoms with Gasteiger partial charge >= 0.3 is 43.9 Å². The van der Waals surface area contributed by atoms with Crippen LogP contribution in [0, 0.1) is 44.1 Å². The van der Waals surface area contributed by atoms with Crippen LogP contribution in [0.25, 0.3) is 92.1 Å². The number of carbonyl (C=O) groups is 3. The van der Waals surface area contributed by atoms with Gasteiger partial charge in [0, 0.05) is 132 Å². The Morgan fingerprint density at radius 1 is 0.487 bits per heavy atom. The molecule has 18 nitrogen and oxygen atoms in total. The summed E-state index contributed by atoms with van der Waals surface area (Å²) in [5.74, 6) is -1.34. The first-order valence-corrected chi connectivity index (χ1v) is 40.5. The number of thioether (sulfide) groups is 2. The van der Waals surface area contributed by atoms with Crippen LogP contribution in [0.3, 0.4) is 0 Å². The van der Waals surface area contributed by atoms with Crippen molar-refractivity contribution in [1.82, 2.24) is 24.9 Å². The number of carbonyl (C=O) groups excluding carboxylic acids is 2. The van der Waals surface area contributed by atoms with Crippen molar-refractivity contribution < 1.29 is 63.3 Å². The van der Waals surface area contributed by atoms with Crippen LogP contribution >= 0.6 is 107 Å². The van der Waals surface area contributed by atoms with Gasteiger partial charge in [0.25, 0.3) is 0 Å². The maximum Gasteiger partial charge on any atom is 1.00 e. The molecular weight excluding hydrogens is 1830 g/mol. The minimum absolute atomic E-state index is 0. The van der Waals surface area contributed by atoms with Crippen molar-refractivity contribution in [2.24, 2.45) is 0 Å². The molecule has 0 atom stereocenters. The number of nitrogens with zero attached hydrogens (tertiary/aromatic N) is 9. The number of carboxylic acid groups (broad SMARTS) is 1. The zero-order valence-electron chi connectivity index (χ0n) is 64.4. The Kier molecular flexibility index (Phi) is 39.2. The van der Waals surface area contributed by atoms with Gasteiger partial charge in [0.15, 0.2) is 5.69 Å². The number of benzene rings is 9. The second kappa shape index (κ2) is 46.9. The van der Waals surface area contributed by atoms with Crippen molar-refractivity contribution in [1.29, 1.82) is 15.8 Å². The maximum absolute atomic E-state index is 12.2. The van der Waals surface area contributed by atoms with Gasteiger partial charge < -0.3 is 30.1 Å². The van der Waals surface area contributed by atoms with Crippen LogP contribution < -0.4 is 24.3 Å². The molecule has 117 heavy (non-hydrogen) atoms. The Labute approximate surface area is 746 Å². The van der Waals surface area contributed by atoms with Gasteiger partial charge in [-0.25, -0.2) is 4.85 Å². The van der Waals surface area contributed by atoms with Crippen LogP contribution in [0.2, 0.25) is 0 Å². The molecule has 0 radical (unpaired) electrons. The summed E-state index contributed by atoms with van der Waals surface area (Å²) in [5, 5.41) is 64.6. The number of halogens is 4. The number of esters is 2. The van der Waals surface area contributed by atoms with Crippen molar-refractivity contribution in [3.63, 3.8) is 0 Å². The van der Waals surface area contributed by atoms with Gasteiger partial charge in [0.1, 0.15) is 14.2 Å². The van der Waals surface area contributed by atoms with Crippen LogP contribution in [0.15, 0.2) is 279 Å². The second-order valence-corrected chi connectivity index (χ2v) is 34.6. The predicted octanol–water partition coefficient (Wildman–Crippen LogP) is 19.7. The smallest absolute Gasteiger partial charge is 0.870 e. The van der Waals surface area contributed by atoms with Crippen LogP contribution in [-0.2, 0) is 23.9 Å². The van der Waals surface area contributed by atoms with Crippen molar-refractivity contribution in [2.75, 3.05) is 13.2 Å². The van der Waals surface area contributed by atoms with E-state index < -0.39 is 27.3 Å². The summed E-state index contributed by atoms with van der Waals surface area (Å²) in [4.78, 5) is 60.5. The molecule has 0 aliphatic carbocycles. The normalized spacial score (nSPS) is 10.4. The van der Waals surface area contributed by atoms with Gasteiger partial charge in [0.05, 0.1) is 54.7 Å². The van der Waals surface area contributed by atoms with E-state index in [2.05, 4.69) is 161 Å². The first-order chi connectivity index (χ1) is 54.5. The van der Waals surface area contributed by atoms with E-state index in [0.717, 1.165) is 88.9 Å². The van der Waals surface area contributed by atoms with Gasteiger partial charge in [-0.3, -0.25) is 39.3 Å². The molecule has 0 unspecified atom stereocenters. The van der Waals surface area contributed by atoms with E-state index in [-0.39, 0.29) is 43.7 Å². The number of pyridine rings is 5. The van der Waals surface area contributed by atoms with Crippen molar-refractivity contribution >= 4 is 197 Å². The maximum atomic E-state index is 12.2. The Hall–Kier alpha value is -9.84. The van der Waals surface area contributed by atoms with E-state index >= 15 is 0 Å². The zero-order chi connectivity index (χ0) is 82.7. The Balaban J connectivity index is 0.000000251. The number of fused-ring (bicyclic) bond motifs is 5. The van der Waals surface area contributed by atoms with E-state index in [1.165, 1.54) is 60.8 Å². The third kappa shape index (κ3) is 28.7. The fraction of sp³-hybridized carbons (Fsp3) is 0.156. The van der Waals surface area contributed by atoms with E-state index in [0.29, 0.717) is 41.1 Å². The van der Waals surface area contributed by atoms with E-state index in [1.54, 1.807) is 89.6 Å². The molecule has 5 aromatic heterocycles. The van der Waals surface area contributed by atoms with Crippen molar-refractivity contribution in [3.05, 3.63) is 301 Å². The molecule has 0 spiro atoms. The Morgan fingerprint density at radius 3 is 1.23 bits per heavy atom. The number of ether oxygens (including phenoxy) is 2. The van der Waals surface area contributed by atoms with E-state index in [1.807, 2.05) is 179 Å². The zero-order valence-corrected chi connectivity index (χ0v) is 73.8. The van der Waals surface area contributed by atoms with Crippen LogP contribution in [-0.4, -0.2) is 98.0 Å². The first kappa shape index (κ1) is 97.7. The Bertz CT molecular complexity index is 5920. The summed E-state index contributed by atoms with van der Waals surface area (Å²) in [6.07, 6.45) is 18.4. The molecule has 4 N–H and O–H groups in total. The third-order valence-electron chi connectivity index (χ3n) is 16.6. The third-order valence-corrected chi connectivity index (χ3v) is 21.4. The molecule has 5 heterocycles.